The predicted octanol–water partition coefficient (Wildman–Crippen LogP) is 3.43. The van der Waals surface area contributed by atoms with Gasteiger partial charge >= 0.3 is 6.61 Å². The number of benzene rings is 2. The first-order valence-electron chi connectivity index (χ1n) is 9.25. The van der Waals surface area contributed by atoms with Crippen molar-refractivity contribution in [3.8, 4) is 17.5 Å². The first-order valence-corrected chi connectivity index (χ1v) is 9.25. The van der Waals surface area contributed by atoms with Crippen molar-refractivity contribution in [1.29, 1.82) is 5.26 Å². The maximum absolute atomic E-state index is 13.1. The zero-order valence-electron chi connectivity index (χ0n) is 16.2. The third-order valence-corrected chi connectivity index (χ3v) is 4.39. The van der Waals surface area contributed by atoms with E-state index in [9.17, 15) is 23.2 Å². The number of nitrogens with one attached hydrogen (secondary N) is 1. The first kappa shape index (κ1) is 21.7. The predicted molar refractivity (Wildman–Crippen MR) is 106 cm³/mol. The Bertz CT molecular complexity index is 1090. The molecule has 0 spiro atoms. The Morgan fingerprint density at radius 2 is 1.87 bits per heavy atom. The van der Waals surface area contributed by atoms with Gasteiger partial charge in [0.05, 0.1) is 11.4 Å². The number of carbonyl (C=O) groups is 1. The highest BCUT2D eigenvalue weighted by atomic mass is 19.3. The van der Waals surface area contributed by atoms with Gasteiger partial charge in [0.2, 0.25) is 0 Å². The van der Waals surface area contributed by atoms with Crippen LogP contribution in [0.15, 0.2) is 48.5 Å². The van der Waals surface area contributed by atoms with E-state index in [1.807, 2.05) is 6.07 Å². The summed E-state index contributed by atoms with van der Waals surface area (Å²) in [7, 11) is 0. The highest BCUT2D eigenvalue weighted by molar-refractivity contribution is 5.94. The molecule has 2 aromatic carbocycles. The topological polar surface area (TPSA) is 106 Å². The number of halogens is 3. The van der Waals surface area contributed by atoms with Crippen molar-refractivity contribution in [2.45, 2.75) is 19.5 Å². The summed E-state index contributed by atoms with van der Waals surface area (Å²) in [6, 6.07) is 12.9. The number of rotatable bonds is 8. The quantitative estimate of drug-likeness (QED) is 0.534. The summed E-state index contributed by atoms with van der Waals surface area (Å²) < 4.78 is 43.1. The Morgan fingerprint density at radius 1 is 1.19 bits per heavy atom. The van der Waals surface area contributed by atoms with E-state index in [1.54, 1.807) is 0 Å². The molecular weight excluding hydrogens is 411 g/mol. The van der Waals surface area contributed by atoms with E-state index in [0.717, 1.165) is 0 Å². The van der Waals surface area contributed by atoms with Crippen LogP contribution in [0.5, 0.6) is 5.75 Å². The molecule has 0 unspecified atom stereocenters. The minimum absolute atomic E-state index is 0.0371. The Labute approximate surface area is 175 Å². The van der Waals surface area contributed by atoms with Gasteiger partial charge in [0.25, 0.3) is 5.91 Å². The number of amides is 1. The second-order valence-electron chi connectivity index (χ2n) is 6.47. The van der Waals surface area contributed by atoms with Crippen LogP contribution in [0.3, 0.4) is 0 Å². The number of nitrogens with two attached hydrogens (primary N) is 1. The van der Waals surface area contributed by atoms with Gasteiger partial charge < -0.3 is 15.8 Å². The number of aromatic nitrogens is 2. The number of hydrogen-bond donors (Lipinski definition) is 2. The van der Waals surface area contributed by atoms with Crippen LogP contribution < -0.4 is 15.8 Å². The maximum Gasteiger partial charge on any atom is 0.387 e. The molecule has 1 aromatic heterocycles. The number of nitrogen functional groups attached to an aromatic ring is 1. The molecule has 3 rings (SSSR count). The van der Waals surface area contributed by atoms with E-state index in [2.05, 4.69) is 15.2 Å². The van der Waals surface area contributed by atoms with E-state index < -0.39 is 12.4 Å². The lowest BCUT2D eigenvalue weighted by Gasteiger charge is -2.07. The first-order chi connectivity index (χ1) is 14.9. The van der Waals surface area contributed by atoms with Gasteiger partial charge in [-0.05, 0) is 61.4 Å². The number of ether oxygens (including phenoxy) is 1. The fourth-order valence-electron chi connectivity index (χ4n) is 2.90. The van der Waals surface area contributed by atoms with Gasteiger partial charge in [-0.2, -0.15) is 19.1 Å². The van der Waals surface area contributed by atoms with Crippen LogP contribution in [0, 0.1) is 17.1 Å². The minimum Gasteiger partial charge on any atom is -0.435 e. The number of anilines is 1. The van der Waals surface area contributed by atoms with E-state index in [1.165, 1.54) is 53.2 Å². The molecular formula is C21H18F3N5O2. The third-order valence-electron chi connectivity index (χ3n) is 4.39. The molecule has 0 radical (unpaired) electrons. The Balaban J connectivity index is 1.58. The molecule has 3 aromatic rings. The highest BCUT2D eigenvalue weighted by Crippen LogP contribution is 2.22. The van der Waals surface area contributed by atoms with Crippen LogP contribution in [0.25, 0.3) is 5.69 Å². The van der Waals surface area contributed by atoms with Gasteiger partial charge in [-0.3, -0.25) is 4.79 Å². The summed E-state index contributed by atoms with van der Waals surface area (Å²) in [5.41, 5.74) is 7.52. The van der Waals surface area contributed by atoms with Crippen molar-refractivity contribution >= 4 is 11.7 Å². The second kappa shape index (κ2) is 9.67. The van der Waals surface area contributed by atoms with Crippen molar-refractivity contribution in [2.75, 3.05) is 12.3 Å². The van der Waals surface area contributed by atoms with Crippen LogP contribution in [0.1, 0.15) is 28.0 Å². The molecule has 1 heterocycles. The molecule has 0 aliphatic heterocycles. The summed E-state index contributed by atoms with van der Waals surface area (Å²) in [5, 5.41) is 16.5. The number of hydrogen-bond acceptors (Lipinski definition) is 5. The Kier molecular flexibility index (Phi) is 6.77. The Morgan fingerprint density at radius 3 is 2.48 bits per heavy atom. The van der Waals surface area contributed by atoms with Crippen LogP contribution >= 0.6 is 0 Å². The lowest BCUT2D eigenvalue weighted by atomic mass is 10.1. The normalized spacial score (nSPS) is 10.7. The van der Waals surface area contributed by atoms with Gasteiger partial charge in [0.1, 0.15) is 29.0 Å². The monoisotopic (exact) mass is 429 g/mol. The maximum atomic E-state index is 13.1. The van der Waals surface area contributed by atoms with Crippen LogP contribution in [0.4, 0.5) is 19.0 Å². The van der Waals surface area contributed by atoms with Gasteiger partial charge in [-0.1, -0.05) is 0 Å². The van der Waals surface area contributed by atoms with Crippen LogP contribution in [-0.2, 0) is 6.42 Å². The summed E-state index contributed by atoms with van der Waals surface area (Å²) in [6.45, 7) is -2.64. The molecule has 0 aliphatic rings. The van der Waals surface area contributed by atoms with E-state index in [4.69, 9.17) is 5.73 Å². The number of nitriles is 1. The number of nitrogens with zero attached hydrogens (tertiary/aromatic N) is 3. The molecule has 0 atom stereocenters. The van der Waals surface area contributed by atoms with Crippen molar-refractivity contribution in [3.05, 3.63) is 71.2 Å². The van der Waals surface area contributed by atoms with E-state index >= 15 is 0 Å². The molecule has 160 valence electrons. The molecule has 0 fully saturated rings. The van der Waals surface area contributed by atoms with Crippen molar-refractivity contribution in [3.63, 3.8) is 0 Å². The number of alkyl halides is 2. The largest absolute Gasteiger partial charge is 0.435 e. The van der Waals surface area contributed by atoms with Gasteiger partial charge in [0, 0.05) is 12.1 Å². The SMILES string of the molecule is N#Cc1c(CCCNC(=O)c2ccc(OC(F)F)cc2)nn(-c2ccc(F)cc2)c1N. The number of aryl methyl sites for hydroxylation is 1. The molecule has 0 aliphatic carbocycles. The molecule has 3 N–H and O–H groups in total. The van der Waals surface area contributed by atoms with Crippen molar-refractivity contribution in [2.24, 2.45) is 0 Å². The Hall–Kier alpha value is -4.00. The summed E-state index contributed by atoms with van der Waals surface area (Å²) in [6.07, 6.45) is 0.857. The molecule has 0 bridgehead atoms. The smallest absolute Gasteiger partial charge is 0.387 e. The summed E-state index contributed by atoms with van der Waals surface area (Å²) in [4.78, 5) is 12.2. The van der Waals surface area contributed by atoms with Gasteiger partial charge in [0.15, 0.2) is 0 Å². The second-order valence-corrected chi connectivity index (χ2v) is 6.47. The van der Waals surface area contributed by atoms with Crippen LogP contribution in [-0.4, -0.2) is 28.8 Å². The average Bonchev–Trinajstić information content (AvgIpc) is 3.07. The fourth-order valence-corrected chi connectivity index (χ4v) is 2.90. The van der Waals surface area contributed by atoms with E-state index in [-0.39, 0.29) is 23.0 Å². The molecule has 0 saturated heterocycles. The standard InChI is InChI=1S/C21H18F3N5O2/c22-14-5-7-15(8-6-14)29-19(26)17(12-25)18(28-29)2-1-11-27-20(30)13-3-9-16(10-4-13)31-21(23)24/h3-10,21H,1-2,11,26H2,(H,27,30). The zero-order chi connectivity index (χ0) is 22.4. The average molecular weight is 429 g/mol. The third kappa shape index (κ3) is 5.33. The van der Waals surface area contributed by atoms with E-state index in [0.29, 0.717) is 36.3 Å². The summed E-state index contributed by atoms with van der Waals surface area (Å²) in [5.74, 6) is -0.660. The molecule has 0 saturated carbocycles. The molecule has 10 heteroatoms. The van der Waals surface area contributed by atoms with Gasteiger partial charge in [-0.25, -0.2) is 9.07 Å². The number of carbonyl (C=O) groups excluding carboxylic acids is 1. The summed E-state index contributed by atoms with van der Waals surface area (Å²) >= 11 is 0. The zero-order valence-corrected chi connectivity index (χ0v) is 16.2. The fraction of sp³-hybridized carbons (Fsp3) is 0.190. The highest BCUT2D eigenvalue weighted by Gasteiger charge is 2.16. The minimum atomic E-state index is -2.93. The van der Waals surface area contributed by atoms with Crippen LogP contribution in [0.2, 0.25) is 0 Å². The molecule has 7 nitrogen and oxygen atoms in total. The lowest BCUT2D eigenvalue weighted by Crippen LogP contribution is -2.24. The van der Waals surface area contributed by atoms with Crippen molar-refractivity contribution < 1.29 is 22.7 Å². The van der Waals surface area contributed by atoms with Crippen molar-refractivity contribution in [1.82, 2.24) is 15.1 Å². The van der Waals surface area contributed by atoms with Gasteiger partial charge in [-0.15, -0.1) is 0 Å². The molecule has 1 amide bonds. The molecule has 31 heavy (non-hydrogen) atoms. The lowest BCUT2D eigenvalue weighted by molar-refractivity contribution is -0.0498.